The summed E-state index contributed by atoms with van der Waals surface area (Å²) >= 11 is 0. The number of aryl methyl sites for hydroxylation is 1. The van der Waals surface area contributed by atoms with Crippen LogP contribution in [0.1, 0.15) is 5.69 Å². The Labute approximate surface area is 156 Å². The van der Waals surface area contributed by atoms with Gasteiger partial charge in [0.2, 0.25) is 5.91 Å². The number of carbonyl (C=O) groups is 1. The fourth-order valence-corrected chi connectivity index (χ4v) is 2.75. The van der Waals surface area contributed by atoms with Crippen molar-refractivity contribution >= 4 is 16.7 Å². The van der Waals surface area contributed by atoms with Gasteiger partial charge in [-0.25, -0.2) is 4.68 Å². The highest BCUT2D eigenvalue weighted by atomic mass is 16.5. The molecule has 1 amide bonds. The molecule has 0 fully saturated rings. The predicted molar refractivity (Wildman–Crippen MR) is 102 cm³/mol. The highest BCUT2D eigenvalue weighted by Crippen LogP contribution is 2.18. The number of hydrogen-bond acceptors (Lipinski definition) is 5. The molecule has 0 radical (unpaired) electrons. The van der Waals surface area contributed by atoms with Gasteiger partial charge < -0.3 is 14.8 Å². The van der Waals surface area contributed by atoms with Crippen molar-refractivity contribution < 1.29 is 14.3 Å². The second kappa shape index (κ2) is 8.35. The zero-order chi connectivity index (χ0) is 19.2. The molecular weight excluding hydrogens is 346 g/mol. The summed E-state index contributed by atoms with van der Waals surface area (Å²) in [5.74, 6) is 1.06. The molecule has 3 aromatic rings. The van der Waals surface area contributed by atoms with Crippen molar-refractivity contribution in [3.63, 3.8) is 0 Å². The van der Waals surface area contributed by atoms with Gasteiger partial charge in [-0.2, -0.15) is 5.10 Å². The molecule has 0 aliphatic carbocycles. The second-order valence-electron chi connectivity index (χ2n) is 5.97. The minimum absolute atomic E-state index is 0.135. The highest BCUT2D eigenvalue weighted by Gasteiger charge is 2.10. The summed E-state index contributed by atoms with van der Waals surface area (Å²) < 4.78 is 11.9. The van der Waals surface area contributed by atoms with Crippen molar-refractivity contribution in [2.45, 2.75) is 13.5 Å². The van der Waals surface area contributed by atoms with Crippen molar-refractivity contribution in [3.8, 4) is 11.5 Å². The number of aromatic nitrogens is 2. The lowest BCUT2D eigenvalue weighted by Gasteiger charge is -2.10. The average molecular weight is 367 g/mol. The van der Waals surface area contributed by atoms with E-state index in [1.165, 1.54) is 4.68 Å². The van der Waals surface area contributed by atoms with Gasteiger partial charge in [-0.05, 0) is 25.1 Å². The molecule has 7 nitrogen and oxygen atoms in total. The smallest absolute Gasteiger partial charge is 0.275 e. The summed E-state index contributed by atoms with van der Waals surface area (Å²) in [5.41, 5.74) is 0.429. The molecule has 0 aliphatic rings. The first kappa shape index (κ1) is 18.4. The van der Waals surface area contributed by atoms with Gasteiger partial charge in [0, 0.05) is 11.5 Å². The number of nitrogens with one attached hydrogen (secondary N) is 1. The fourth-order valence-electron chi connectivity index (χ4n) is 2.75. The Balaban J connectivity index is 1.56. The Morgan fingerprint density at radius 1 is 1.11 bits per heavy atom. The number of benzene rings is 2. The second-order valence-corrected chi connectivity index (χ2v) is 5.97. The summed E-state index contributed by atoms with van der Waals surface area (Å²) in [4.78, 5) is 24.6. The number of rotatable bonds is 7. The van der Waals surface area contributed by atoms with Gasteiger partial charge in [0.15, 0.2) is 0 Å². The molecule has 0 atom stereocenters. The first-order chi connectivity index (χ1) is 13.1. The van der Waals surface area contributed by atoms with Gasteiger partial charge in [-0.15, -0.1) is 0 Å². The van der Waals surface area contributed by atoms with E-state index in [2.05, 4.69) is 10.4 Å². The average Bonchev–Trinajstić information content (AvgIpc) is 2.69. The van der Waals surface area contributed by atoms with Crippen LogP contribution in [0.3, 0.4) is 0 Å². The zero-order valence-electron chi connectivity index (χ0n) is 15.3. The van der Waals surface area contributed by atoms with E-state index in [0.29, 0.717) is 35.7 Å². The van der Waals surface area contributed by atoms with Crippen LogP contribution in [-0.4, -0.2) is 35.9 Å². The topological polar surface area (TPSA) is 82.4 Å². The number of amides is 1. The Morgan fingerprint density at radius 3 is 2.63 bits per heavy atom. The van der Waals surface area contributed by atoms with Gasteiger partial charge in [0.1, 0.15) is 24.7 Å². The van der Waals surface area contributed by atoms with Crippen LogP contribution in [0.4, 0.5) is 0 Å². The maximum absolute atomic E-state index is 12.5. The van der Waals surface area contributed by atoms with Crippen molar-refractivity contribution in [3.05, 3.63) is 64.6 Å². The van der Waals surface area contributed by atoms with Gasteiger partial charge >= 0.3 is 0 Å². The Bertz CT molecular complexity index is 1010. The number of hydrogen-bond donors (Lipinski definition) is 1. The van der Waals surface area contributed by atoms with E-state index in [1.54, 1.807) is 25.3 Å². The van der Waals surface area contributed by atoms with Crippen LogP contribution in [0.15, 0.2) is 53.3 Å². The van der Waals surface area contributed by atoms with Gasteiger partial charge in [-0.3, -0.25) is 9.59 Å². The third kappa shape index (κ3) is 4.44. The summed E-state index contributed by atoms with van der Waals surface area (Å²) in [7, 11) is 1.59. The van der Waals surface area contributed by atoms with E-state index in [4.69, 9.17) is 9.47 Å². The zero-order valence-corrected chi connectivity index (χ0v) is 15.3. The van der Waals surface area contributed by atoms with Gasteiger partial charge in [0.05, 0.1) is 24.7 Å². The van der Waals surface area contributed by atoms with E-state index < -0.39 is 0 Å². The minimum Gasteiger partial charge on any atom is -0.497 e. The van der Waals surface area contributed by atoms with Crippen molar-refractivity contribution in [1.29, 1.82) is 0 Å². The molecule has 0 aliphatic heterocycles. The largest absolute Gasteiger partial charge is 0.497 e. The summed E-state index contributed by atoms with van der Waals surface area (Å²) in [6, 6.07) is 14.5. The molecule has 27 heavy (non-hydrogen) atoms. The monoisotopic (exact) mass is 367 g/mol. The van der Waals surface area contributed by atoms with E-state index in [1.807, 2.05) is 37.3 Å². The fraction of sp³-hybridized carbons (Fsp3) is 0.250. The molecule has 140 valence electrons. The summed E-state index contributed by atoms with van der Waals surface area (Å²) in [6.07, 6.45) is 0. The van der Waals surface area contributed by atoms with Crippen LogP contribution >= 0.6 is 0 Å². The first-order valence-corrected chi connectivity index (χ1v) is 8.58. The predicted octanol–water partition coefficient (Wildman–Crippen LogP) is 1.91. The third-order valence-electron chi connectivity index (χ3n) is 4.08. The van der Waals surface area contributed by atoms with Crippen molar-refractivity contribution in [1.82, 2.24) is 15.1 Å². The molecule has 0 saturated heterocycles. The van der Waals surface area contributed by atoms with E-state index in [9.17, 15) is 9.59 Å². The standard InChI is InChI=1S/C20H21N3O4/c1-14-17-8-3-4-9-18(17)20(25)23(22-14)13-19(24)21-10-11-27-16-7-5-6-15(12-16)26-2/h3-9,12H,10-11,13H2,1-2H3,(H,21,24). The number of ether oxygens (including phenoxy) is 2. The molecule has 2 aromatic carbocycles. The molecule has 0 bridgehead atoms. The molecular formula is C20H21N3O4. The third-order valence-corrected chi connectivity index (χ3v) is 4.08. The lowest BCUT2D eigenvalue weighted by molar-refractivity contribution is -0.122. The minimum atomic E-state index is -0.298. The molecule has 0 unspecified atom stereocenters. The van der Waals surface area contributed by atoms with E-state index in [-0.39, 0.29) is 18.0 Å². The summed E-state index contributed by atoms with van der Waals surface area (Å²) in [5, 5.41) is 8.32. The van der Waals surface area contributed by atoms with Crippen LogP contribution < -0.4 is 20.3 Å². The highest BCUT2D eigenvalue weighted by molar-refractivity contribution is 5.83. The number of fused-ring (bicyclic) bond motifs is 1. The van der Waals surface area contributed by atoms with Gasteiger partial charge in [0.25, 0.3) is 5.56 Å². The van der Waals surface area contributed by atoms with Crippen LogP contribution in [0, 0.1) is 6.92 Å². The number of nitrogens with zero attached hydrogens (tertiary/aromatic N) is 2. The normalized spacial score (nSPS) is 10.6. The molecule has 0 saturated carbocycles. The SMILES string of the molecule is COc1cccc(OCCNC(=O)Cn2nc(C)c3ccccc3c2=O)c1. The van der Waals surface area contributed by atoms with Crippen molar-refractivity contribution in [2.24, 2.45) is 0 Å². The Kier molecular flexibility index (Phi) is 5.71. The van der Waals surface area contributed by atoms with Crippen molar-refractivity contribution in [2.75, 3.05) is 20.3 Å². The van der Waals surface area contributed by atoms with Crippen LogP contribution in [0.25, 0.3) is 10.8 Å². The Morgan fingerprint density at radius 2 is 1.85 bits per heavy atom. The maximum Gasteiger partial charge on any atom is 0.275 e. The van der Waals surface area contributed by atoms with E-state index >= 15 is 0 Å². The maximum atomic E-state index is 12.5. The molecule has 3 rings (SSSR count). The summed E-state index contributed by atoms with van der Waals surface area (Å²) in [6.45, 7) is 2.30. The molecule has 1 N–H and O–H groups in total. The number of methoxy groups -OCH3 is 1. The van der Waals surface area contributed by atoms with Crippen LogP contribution in [0.2, 0.25) is 0 Å². The molecule has 1 aromatic heterocycles. The first-order valence-electron chi connectivity index (χ1n) is 8.58. The van der Waals surface area contributed by atoms with Crippen LogP contribution in [0.5, 0.6) is 11.5 Å². The lowest BCUT2D eigenvalue weighted by Crippen LogP contribution is -2.35. The molecule has 1 heterocycles. The molecule has 7 heteroatoms. The lowest BCUT2D eigenvalue weighted by atomic mass is 10.1. The quantitative estimate of drug-likeness (QED) is 0.645. The Hall–Kier alpha value is -3.35. The number of carbonyl (C=O) groups excluding carboxylic acids is 1. The molecule has 0 spiro atoms. The van der Waals surface area contributed by atoms with E-state index in [0.717, 1.165) is 5.39 Å². The van der Waals surface area contributed by atoms with Crippen LogP contribution in [-0.2, 0) is 11.3 Å². The van der Waals surface area contributed by atoms with Gasteiger partial charge in [-0.1, -0.05) is 24.3 Å².